The van der Waals surface area contributed by atoms with Crippen molar-refractivity contribution in [3.05, 3.63) is 0 Å². The molecule has 0 bridgehead atoms. The Morgan fingerprint density at radius 2 is 1.23 bits per heavy atom. The van der Waals surface area contributed by atoms with Crippen LogP contribution < -0.4 is 5.73 Å². The summed E-state index contributed by atoms with van der Waals surface area (Å²) in [4.78, 5) is 2.00. The standard InChI is InChI=1S/C24H50N2O3S/c1-2-3-4-5-6-7-8-9-10-11-12-13-14-18-21-26(23-19-16-15-17-20-23)24(22-25)30(27,28)29/h23-24H,2-22,25H2,1H3,(H,27,28,29). The van der Waals surface area contributed by atoms with Crippen LogP contribution in [0.1, 0.15) is 129 Å². The summed E-state index contributed by atoms with van der Waals surface area (Å²) in [5.74, 6) is 0. The van der Waals surface area contributed by atoms with Crippen LogP contribution in [0, 0.1) is 0 Å². The molecule has 0 aromatic rings. The Morgan fingerprint density at radius 3 is 1.63 bits per heavy atom. The average molecular weight is 447 g/mol. The van der Waals surface area contributed by atoms with Crippen molar-refractivity contribution in [2.45, 2.75) is 140 Å². The van der Waals surface area contributed by atoms with E-state index in [-0.39, 0.29) is 12.6 Å². The Bertz CT molecular complexity index is 493. The number of nitrogens with zero attached hydrogens (tertiary/aromatic N) is 1. The summed E-state index contributed by atoms with van der Waals surface area (Å²) in [5, 5.41) is -0.942. The highest BCUT2D eigenvalue weighted by atomic mass is 32.2. The third kappa shape index (κ3) is 12.6. The van der Waals surface area contributed by atoms with Crippen molar-refractivity contribution in [1.29, 1.82) is 0 Å². The minimum Gasteiger partial charge on any atom is -0.328 e. The van der Waals surface area contributed by atoms with Crippen molar-refractivity contribution in [3.63, 3.8) is 0 Å². The molecule has 1 atom stereocenters. The van der Waals surface area contributed by atoms with Crippen LogP contribution in [-0.2, 0) is 10.1 Å². The van der Waals surface area contributed by atoms with Crippen molar-refractivity contribution in [1.82, 2.24) is 4.90 Å². The molecular formula is C24H50N2O3S. The highest BCUT2D eigenvalue weighted by molar-refractivity contribution is 7.86. The van der Waals surface area contributed by atoms with Gasteiger partial charge in [0.2, 0.25) is 0 Å². The van der Waals surface area contributed by atoms with Crippen LogP contribution >= 0.6 is 0 Å². The first-order valence-electron chi connectivity index (χ1n) is 12.9. The number of unbranched alkanes of at least 4 members (excludes halogenated alkanes) is 13. The molecule has 0 aromatic heterocycles. The molecule has 180 valence electrons. The Balaban J connectivity index is 2.14. The summed E-state index contributed by atoms with van der Waals surface area (Å²) in [6, 6.07) is 0.246. The molecule has 0 radical (unpaired) electrons. The van der Waals surface area contributed by atoms with E-state index in [9.17, 15) is 13.0 Å². The van der Waals surface area contributed by atoms with Gasteiger partial charge in [0.25, 0.3) is 10.1 Å². The minimum atomic E-state index is -4.13. The van der Waals surface area contributed by atoms with Gasteiger partial charge in [-0.2, -0.15) is 8.42 Å². The van der Waals surface area contributed by atoms with E-state index in [1.807, 2.05) is 4.90 Å². The smallest absolute Gasteiger partial charge is 0.282 e. The largest absolute Gasteiger partial charge is 0.328 e. The van der Waals surface area contributed by atoms with Gasteiger partial charge in [0.05, 0.1) is 0 Å². The Hall–Kier alpha value is -0.170. The van der Waals surface area contributed by atoms with Crippen LogP contribution in [-0.4, -0.2) is 42.4 Å². The van der Waals surface area contributed by atoms with Gasteiger partial charge in [-0.15, -0.1) is 0 Å². The van der Waals surface area contributed by atoms with E-state index in [4.69, 9.17) is 5.73 Å². The lowest BCUT2D eigenvalue weighted by atomic mass is 9.94. The maximum Gasteiger partial charge on any atom is 0.282 e. The quantitative estimate of drug-likeness (QED) is 0.180. The van der Waals surface area contributed by atoms with Crippen LogP contribution in [0.25, 0.3) is 0 Å². The molecule has 1 unspecified atom stereocenters. The zero-order valence-corrected chi connectivity index (χ0v) is 20.5. The van der Waals surface area contributed by atoms with Crippen molar-refractivity contribution in [2.24, 2.45) is 5.73 Å². The summed E-state index contributed by atoms with van der Waals surface area (Å²) in [5.41, 5.74) is 5.74. The van der Waals surface area contributed by atoms with Crippen molar-refractivity contribution < 1.29 is 13.0 Å². The molecule has 0 saturated heterocycles. The first kappa shape index (κ1) is 27.9. The van der Waals surface area contributed by atoms with Gasteiger partial charge in [-0.25, -0.2) is 0 Å². The van der Waals surface area contributed by atoms with Crippen LogP contribution in [0.2, 0.25) is 0 Å². The third-order valence-electron chi connectivity index (χ3n) is 6.73. The SMILES string of the molecule is CCCCCCCCCCCCCCCCN(C1CCCCC1)C(CN)S(=O)(=O)O. The van der Waals surface area contributed by atoms with Gasteiger partial charge in [0, 0.05) is 12.6 Å². The van der Waals surface area contributed by atoms with Gasteiger partial charge in [-0.3, -0.25) is 9.45 Å². The predicted octanol–water partition coefficient (Wildman–Crippen LogP) is 6.28. The van der Waals surface area contributed by atoms with Gasteiger partial charge in [0.15, 0.2) is 5.37 Å². The van der Waals surface area contributed by atoms with E-state index in [1.54, 1.807) is 0 Å². The fourth-order valence-electron chi connectivity index (χ4n) is 4.89. The molecule has 0 amide bonds. The molecule has 1 aliphatic carbocycles. The molecule has 1 saturated carbocycles. The average Bonchev–Trinajstić information content (AvgIpc) is 2.73. The van der Waals surface area contributed by atoms with Gasteiger partial charge in [-0.05, 0) is 25.8 Å². The summed E-state index contributed by atoms with van der Waals surface area (Å²) in [7, 11) is -4.13. The zero-order chi connectivity index (χ0) is 22.1. The lowest BCUT2D eigenvalue weighted by Crippen LogP contribution is -2.51. The molecule has 0 aromatic carbocycles. The van der Waals surface area contributed by atoms with E-state index in [1.165, 1.54) is 83.5 Å². The minimum absolute atomic E-state index is 0.0338. The molecule has 0 heterocycles. The fourth-order valence-corrected chi connectivity index (χ4v) is 5.75. The maximum atomic E-state index is 11.8. The topological polar surface area (TPSA) is 83.6 Å². The first-order chi connectivity index (χ1) is 14.5. The lowest BCUT2D eigenvalue weighted by Gasteiger charge is -2.38. The summed E-state index contributed by atoms with van der Waals surface area (Å²) in [6.45, 7) is 2.96. The van der Waals surface area contributed by atoms with Gasteiger partial charge >= 0.3 is 0 Å². The van der Waals surface area contributed by atoms with Crippen LogP contribution in [0.15, 0.2) is 0 Å². The molecule has 0 aliphatic heterocycles. The van der Waals surface area contributed by atoms with E-state index in [0.717, 1.165) is 45.1 Å². The lowest BCUT2D eigenvalue weighted by molar-refractivity contribution is 0.133. The normalized spacial score (nSPS) is 16.9. The molecule has 0 spiro atoms. The van der Waals surface area contributed by atoms with Crippen molar-refractivity contribution >= 4 is 10.1 Å². The molecule has 5 nitrogen and oxygen atoms in total. The molecule has 1 aliphatic rings. The fraction of sp³-hybridized carbons (Fsp3) is 1.00. The van der Waals surface area contributed by atoms with Crippen molar-refractivity contribution in [3.8, 4) is 0 Å². The second kappa shape index (κ2) is 17.4. The summed E-state index contributed by atoms with van der Waals surface area (Å²) >= 11 is 0. The van der Waals surface area contributed by atoms with Gasteiger partial charge < -0.3 is 5.73 Å². The maximum absolute atomic E-state index is 11.8. The third-order valence-corrected chi connectivity index (χ3v) is 7.88. The second-order valence-corrected chi connectivity index (χ2v) is 10.9. The van der Waals surface area contributed by atoms with Crippen LogP contribution in [0.3, 0.4) is 0 Å². The first-order valence-corrected chi connectivity index (χ1v) is 14.4. The molecule has 6 heteroatoms. The van der Waals surface area contributed by atoms with Crippen LogP contribution in [0.4, 0.5) is 0 Å². The number of nitrogens with two attached hydrogens (primary N) is 1. The molecule has 3 N–H and O–H groups in total. The van der Waals surface area contributed by atoms with E-state index >= 15 is 0 Å². The number of hydrogen-bond donors (Lipinski definition) is 2. The monoisotopic (exact) mass is 446 g/mol. The van der Waals surface area contributed by atoms with E-state index in [2.05, 4.69) is 6.92 Å². The Morgan fingerprint density at radius 1 is 0.800 bits per heavy atom. The summed E-state index contributed by atoms with van der Waals surface area (Å²) < 4.78 is 33.3. The zero-order valence-electron chi connectivity index (χ0n) is 19.7. The van der Waals surface area contributed by atoms with Crippen LogP contribution in [0.5, 0.6) is 0 Å². The molecule has 1 fully saturated rings. The second-order valence-electron chi connectivity index (χ2n) is 9.33. The molecule has 1 rings (SSSR count). The Labute approximate surface area is 187 Å². The highest BCUT2D eigenvalue weighted by Crippen LogP contribution is 2.26. The number of hydrogen-bond acceptors (Lipinski definition) is 4. The van der Waals surface area contributed by atoms with Crippen molar-refractivity contribution in [2.75, 3.05) is 13.1 Å². The number of rotatable bonds is 19. The van der Waals surface area contributed by atoms with E-state index in [0.29, 0.717) is 0 Å². The highest BCUT2D eigenvalue weighted by Gasteiger charge is 2.33. The molecule has 30 heavy (non-hydrogen) atoms. The summed E-state index contributed by atoms with van der Waals surface area (Å²) in [6.07, 6.45) is 23.9. The van der Waals surface area contributed by atoms with E-state index < -0.39 is 15.5 Å². The predicted molar refractivity (Wildman–Crippen MR) is 128 cm³/mol. The molecular weight excluding hydrogens is 396 g/mol. The Kier molecular flexibility index (Phi) is 16.2. The van der Waals surface area contributed by atoms with Gasteiger partial charge in [0.1, 0.15) is 0 Å². The van der Waals surface area contributed by atoms with Gasteiger partial charge in [-0.1, -0.05) is 110 Å².